The van der Waals surface area contributed by atoms with Crippen molar-refractivity contribution in [2.75, 3.05) is 99.1 Å². The lowest BCUT2D eigenvalue weighted by Gasteiger charge is -2.08. The molecule has 0 aromatic carbocycles. The van der Waals surface area contributed by atoms with Crippen LogP contribution in [0.1, 0.15) is 33.1 Å². The summed E-state index contributed by atoms with van der Waals surface area (Å²) in [4.78, 5) is 11.1. The molecule has 0 fully saturated rings. The second-order valence-corrected chi connectivity index (χ2v) is 6.20. The maximum absolute atomic E-state index is 11.1. The summed E-state index contributed by atoms with van der Waals surface area (Å²) in [5.41, 5.74) is 0. The number of hydrogen-bond donors (Lipinski definition) is 0. The Hall–Kier alpha value is -0.810. The number of hydrogen-bond acceptors (Lipinski definition) is 9. The largest absolute Gasteiger partial charge is 0.466 e. The zero-order chi connectivity index (χ0) is 22.0. The van der Waals surface area contributed by atoms with Crippen LogP contribution in [-0.2, 0) is 42.7 Å². The highest BCUT2D eigenvalue weighted by Gasteiger charge is 2.00. The fourth-order valence-electron chi connectivity index (χ4n) is 2.06. The topological polar surface area (TPSA) is 90.9 Å². The van der Waals surface area contributed by atoms with Crippen molar-refractivity contribution in [2.24, 2.45) is 0 Å². The van der Waals surface area contributed by atoms with Gasteiger partial charge in [-0.25, -0.2) is 0 Å². The quantitative estimate of drug-likeness (QED) is 0.156. The Morgan fingerprint density at radius 1 is 0.500 bits per heavy atom. The lowest BCUT2D eigenvalue weighted by molar-refractivity contribution is -0.144. The van der Waals surface area contributed by atoms with Gasteiger partial charge in [0.25, 0.3) is 0 Å². The first kappa shape index (κ1) is 29.2. The Kier molecular flexibility index (Phi) is 25.5. The Labute approximate surface area is 181 Å². The summed E-state index contributed by atoms with van der Waals surface area (Å²) < 4.78 is 42.5. The van der Waals surface area contributed by atoms with Crippen LogP contribution in [0.4, 0.5) is 0 Å². The van der Waals surface area contributed by atoms with Crippen LogP contribution in [0.5, 0.6) is 0 Å². The maximum Gasteiger partial charge on any atom is 0.308 e. The van der Waals surface area contributed by atoms with Crippen molar-refractivity contribution in [2.45, 2.75) is 33.1 Å². The highest BCUT2D eigenvalue weighted by molar-refractivity contribution is 5.69. The molecule has 0 aliphatic heterocycles. The number of unbranched alkanes of at least 4 members (excludes halogenated alkanes) is 1. The third-order valence-electron chi connectivity index (χ3n) is 3.63. The van der Waals surface area contributed by atoms with Gasteiger partial charge in [-0.1, -0.05) is 13.3 Å². The highest BCUT2D eigenvalue weighted by Crippen LogP contribution is 1.90. The summed E-state index contributed by atoms with van der Waals surface area (Å²) in [6.45, 7) is 11.8. The predicted octanol–water partition coefficient (Wildman–Crippen LogP) is 1.86. The molecule has 0 aliphatic rings. The normalized spacial score (nSPS) is 11.1. The summed E-state index contributed by atoms with van der Waals surface area (Å²) in [6.07, 6.45) is 2.51. The zero-order valence-corrected chi connectivity index (χ0v) is 18.9. The second kappa shape index (κ2) is 26.2. The van der Waals surface area contributed by atoms with Gasteiger partial charge < -0.3 is 37.9 Å². The molecule has 9 nitrogen and oxygen atoms in total. The van der Waals surface area contributed by atoms with Gasteiger partial charge in [0.05, 0.1) is 98.9 Å². The smallest absolute Gasteiger partial charge is 0.308 e. The third-order valence-corrected chi connectivity index (χ3v) is 3.63. The lowest BCUT2D eigenvalue weighted by atomic mass is 10.4. The molecule has 30 heavy (non-hydrogen) atoms. The number of ether oxygens (including phenoxy) is 8. The van der Waals surface area contributed by atoms with E-state index in [4.69, 9.17) is 37.9 Å². The van der Waals surface area contributed by atoms with Crippen LogP contribution in [0, 0.1) is 0 Å². The molecule has 0 saturated carbocycles. The standard InChI is InChI=1S/C21H42O9/c1-3-5-7-23-9-11-25-13-15-27-17-19-29-20-18-28-16-14-26-12-10-24-8-6-21(22)30-4-2/h3-20H2,1-2H3. The van der Waals surface area contributed by atoms with Gasteiger partial charge in [-0.05, 0) is 13.3 Å². The second-order valence-electron chi connectivity index (χ2n) is 6.20. The molecule has 9 heteroatoms. The van der Waals surface area contributed by atoms with Crippen LogP contribution < -0.4 is 0 Å². The van der Waals surface area contributed by atoms with Crippen LogP contribution in [-0.4, -0.2) is 105 Å². The highest BCUT2D eigenvalue weighted by atomic mass is 16.6. The van der Waals surface area contributed by atoms with Crippen molar-refractivity contribution in [1.82, 2.24) is 0 Å². The summed E-state index contributed by atoms with van der Waals surface area (Å²) in [5, 5.41) is 0. The molecule has 0 heterocycles. The SMILES string of the molecule is CCCCOCCOCCOCCOCCOCCOCCOCCC(=O)OCC. The number of carbonyl (C=O) groups excluding carboxylic acids is 1. The Bertz CT molecular complexity index is 342. The van der Waals surface area contributed by atoms with Gasteiger partial charge in [-0.15, -0.1) is 0 Å². The average Bonchev–Trinajstić information content (AvgIpc) is 2.74. The molecule has 0 aromatic rings. The molecule has 0 radical (unpaired) electrons. The first-order valence-electron chi connectivity index (χ1n) is 11.0. The van der Waals surface area contributed by atoms with Gasteiger partial charge in [0.2, 0.25) is 0 Å². The van der Waals surface area contributed by atoms with Crippen LogP contribution >= 0.6 is 0 Å². The van der Waals surface area contributed by atoms with E-state index in [-0.39, 0.29) is 12.4 Å². The summed E-state index contributed by atoms with van der Waals surface area (Å²) in [7, 11) is 0. The minimum absolute atomic E-state index is 0.242. The Morgan fingerprint density at radius 2 is 0.833 bits per heavy atom. The van der Waals surface area contributed by atoms with Gasteiger partial charge in [-0.3, -0.25) is 4.79 Å². The lowest BCUT2D eigenvalue weighted by Crippen LogP contribution is -2.15. The molecule has 0 rings (SSSR count). The maximum atomic E-state index is 11.1. The van der Waals surface area contributed by atoms with E-state index in [0.29, 0.717) is 92.5 Å². The van der Waals surface area contributed by atoms with Crippen molar-refractivity contribution in [3.63, 3.8) is 0 Å². The number of rotatable bonds is 25. The van der Waals surface area contributed by atoms with Crippen LogP contribution in [0.25, 0.3) is 0 Å². The van der Waals surface area contributed by atoms with Crippen LogP contribution in [0.3, 0.4) is 0 Å². The monoisotopic (exact) mass is 438 g/mol. The summed E-state index contributed by atoms with van der Waals surface area (Å²) in [5.74, 6) is -0.242. The zero-order valence-electron chi connectivity index (χ0n) is 18.9. The molecule has 0 atom stereocenters. The molecule has 0 unspecified atom stereocenters. The molecule has 180 valence electrons. The van der Waals surface area contributed by atoms with Gasteiger partial charge in [0.1, 0.15) is 0 Å². The minimum Gasteiger partial charge on any atom is -0.466 e. The Morgan fingerprint density at radius 3 is 1.17 bits per heavy atom. The number of carbonyl (C=O) groups is 1. The van der Waals surface area contributed by atoms with Crippen molar-refractivity contribution < 1.29 is 42.7 Å². The fraction of sp³-hybridized carbons (Fsp3) is 0.952. The van der Waals surface area contributed by atoms with Crippen LogP contribution in [0.2, 0.25) is 0 Å². The van der Waals surface area contributed by atoms with Gasteiger partial charge in [-0.2, -0.15) is 0 Å². The number of esters is 1. The third kappa shape index (κ3) is 25.2. The van der Waals surface area contributed by atoms with E-state index >= 15 is 0 Å². The molecule has 0 aliphatic carbocycles. The Balaban J connectivity index is 3.03. The predicted molar refractivity (Wildman–Crippen MR) is 112 cm³/mol. The van der Waals surface area contributed by atoms with Crippen molar-refractivity contribution in [3.05, 3.63) is 0 Å². The molecule has 0 spiro atoms. The molecule has 0 aromatic heterocycles. The summed E-state index contributed by atoms with van der Waals surface area (Å²) >= 11 is 0. The minimum atomic E-state index is -0.242. The van der Waals surface area contributed by atoms with E-state index in [1.54, 1.807) is 6.92 Å². The summed E-state index contributed by atoms with van der Waals surface area (Å²) in [6, 6.07) is 0. The van der Waals surface area contributed by atoms with E-state index in [1.807, 2.05) is 0 Å². The van der Waals surface area contributed by atoms with Crippen molar-refractivity contribution in [3.8, 4) is 0 Å². The van der Waals surface area contributed by atoms with Crippen LogP contribution in [0.15, 0.2) is 0 Å². The van der Waals surface area contributed by atoms with Crippen molar-refractivity contribution >= 4 is 5.97 Å². The molecule has 0 amide bonds. The van der Waals surface area contributed by atoms with E-state index in [0.717, 1.165) is 19.4 Å². The van der Waals surface area contributed by atoms with E-state index in [2.05, 4.69) is 6.92 Å². The van der Waals surface area contributed by atoms with Gasteiger partial charge >= 0.3 is 5.97 Å². The van der Waals surface area contributed by atoms with Gasteiger partial charge in [0.15, 0.2) is 0 Å². The fourth-order valence-corrected chi connectivity index (χ4v) is 2.06. The molecule has 0 N–H and O–H groups in total. The van der Waals surface area contributed by atoms with E-state index in [9.17, 15) is 4.79 Å². The van der Waals surface area contributed by atoms with Crippen molar-refractivity contribution in [1.29, 1.82) is 0 Å². The first-order chi connectivity index (χ1) is 14.8. The average molecular weight is 439 g/mol. The van der Waals surface area contributed by atoms with Gasteiger partial charge in [0, 0.05) is 6.61 Å². The molecule has 0 bridgehead atoms. The molecular weight excluding hydrogens is 396 g/mol. The molecule has 0 saturated heterocycles. The first-order valence-corrected chi connectivity index (χ1v) is 11.0. The molecular formula is C21H42O9. The van der Waals surface area contributed by atoms with E-state index < -0.39 is 0 Å². The van der Waals surface area contributed by atoms with E-state index in [1.165, 1.54) is 0 Å².